The molecule has 6 fully saturated rings. The van der Waals surface area contributed by atoms with E-state index < -0.39 is 167 Å². The van der Waals surface area contributed by atoms with Gasteiger partial charge in [-0.3, -0.25) is 57.5 Å². The van der Waals surface area contributed by atoms with Crippen LogP contribution in [0.25, 0.3) is 0 Å². The number of alkyl halides is 3. The van der Waals surface area contributed by atoms with Crippen LogP contribution in [0.3, 0.4) is 0 Å². The second-order valence-corrected chi connectivity index (χ2v) is 30.7. The summed E-state index contributed by atoms with van der Waals surface area (Å²) in [5, 5.41) is 8.02. The van der Waals surface area contributed by atoms with Crippen molar-refractivity contribution in [3.8, 4) is 0 Å². The number of carbonyl (C=O) groups excluding carboxylic acids is 12. The van der Waals surface area contributed by atoms with Crippen molar-refractivity contribution < 1.29 is 75.4 Å². The molecule has 2 unspecified atom stereocenters. The van der Waals surface area contributed by atoms with Gasteiger partial charge in [0.1, 0.15) is 54.4 Å². The zero-order valence-corrected chi connectivity index (χ0v) is 62.9. The number of rotatable bonds is 11. The summed E-state index contributed by atoms with van der Waals surface area (Å²) in [4.78, 5) is 189. The van der Waals surface area contributed by atoms with Crippen LogP contribution in [0.15, 0.2) is 18.2 Å². The van der Waals surface area contributed by atoms with E-state index in [0.717, 1.165) is 49.1 Å². The van der Waals surface area contributed by atoms with Crippen LogP contribution in [0.4, 0.5) is 13.2 Å². The van der Waals surface area contributed by atoms with Crippen molar-refractivity contribution in [1.82, 2.24) is 60.0 Å². The molecule has 102 heavy (non-hydrogen) atoms. The highest BCUT2D eigenvalue weighted by Gasteiger charge is 2.49. The summed E-state index contributed by atoms with van der Waals surface area (Å²) < 4.78 is 47.2. The summed E-state index contributed by atoms with van der Waals surface area (Å²) in [6, 6.07) is -7.71. The average molecular weight is 1460 g/mol. The number of amides is 12. The maximum atomic E-state index is 15.2. The number of nitrogens with zero attached hydrogens (tertiary/aromatic N) is 9. The van der Waals surface area contributed by atoms with Crippen LogP contribution < -0.4 is 16.0 Å². The van der Waals surface area contributed by atoms with Gasteiger partial charge >= 0.3 is 6.18 Å². The minimum absolute atomic E-state index is 0.0293. The highest BCUT2D eigenvalue weighted by molar-refractivity contribution is 6.31. The van der Waals surface area contributed by atoms with Gasteiger partial charge in [0.15, 0.2) is 0 Å². The third-order valence-corrected chi connectivity index (χ3v) is 22.5. The molecule has 1 aromatic carbocycles. The van der Waals surface area contributed by atoms with Gasteiger partial charge in [0, 0.05) is 81.5 Å². The quantitative estimate of drug-likeness (QED) is 0.247. The highest BCUT2D eigenvalue weighted by Crippen LogP contribution is 2.37. The van der Waals surface area contributed by atoms with Crippen LogP contribution in [0.5, 0.6) is 0 Å². The Hall–Kier alpha value is -7.10. The molecular formula is C73H112ClF3N12O13. The number of hydrogen-bond acceptors (Lipinski definition) is 13. The first kappa shape index (κ1) is 82.2. The zero-order chi connectivity index (χ0) is 75.4. The molecule has 0 spiro atoms. The lowest BCUT2D eigenvalue weighted by molar-refractivity contribution is -0.160. The van der Waals surface area contributed by atoms with Crippen molar-refractivity contribution in [2.75, 3.05) is 88.2 Å². The second kappa shape index (κ2) is 36.6. The molecule has 0 radical (unpaired) electrons. The lowest BCUT2D eigenvalue weighted by Crippen LogP contribution is -2.65. The maximum absolute atomic E-state index is 15.2. The van der Waals surface area contributed by atoms with Crippen LogP contribution in [-0.4, -0.2) is 264 Å². The number of likely N-dealkylation sites (N-methyl/N-ethyl adjacent to an activating group) is 6. The van der Waals surface area contributed by atoms with Gasteiger partial charge in [-0.2, -0.15) is 13.2 Å². The molecule has 25 nitrogen and oxygen atoms in total. The van der Waals surface area contributed by atoms with Gasteiger partial charge in [-0.25, -0.2) is 0 Å². The van der Waals surface area contributed by atoms with Gasteiger partial charge in [-0.05, 0) is 125 Å². The van der Waals surface area contributed by atoms with Crippen LogP contribution in [0.1, 0.15) is 175 Å². The van der Waals surface area contributed by atoms with E-state index in [4.69, 9.17) is 16.3 Å². The van der Waals surface area contributed by atoms with E-state index in [1.165, 1.54) is 89.6 Å². The standard InChI is InChI=1S/C73H112ClF3N12O13/c1-14-45(6)62-71(100)82(9)46(7)66(95)88-33-29-55(88)69(98)84(11)57(38-47-21-16-15-17-22-47)68(97)81(8)41-59(90)79-53(28-26-48-25-27-51(52(74)37-48)73(75,76)77)67(96)87-32-20-23-54(87)64(93)78-31-19-18-24-60(91)86(13)63(44(4)5)72(101)85(12)58(70(99)89-40-49-30-34-102-42-50(89)36-49)39-61(92)83(10)56(35-43(2)3)65(94)80-62/h25,27,37,43-47,49-50,53-58,62-63H,14-24,26,28-36,38-42H2,1-13H3,(H,78,93)(H,79,90)(H,80,94)/t45-,46-,49?,50?,53-,54-,55-,56-,57-,58-,62-,63-/m0/s1. The van der Waals surface area contributed by atoms with E-state index in [1.54, 1.807) is 25.7 Å². The molecule has 3 N–H and O–H groups in total. The molecule has 1 saturated carbocycles. The maximum Gasteiger partial charge on any atom is 0.417 e. The van der Waals surface area contributed by atoms with Crippen molar-refractivity contribution in [1.29, 1.82) is 0 Å². The summed E-state index contributed by atoms with van der Waals surface area (Å²) in [7, 11) is 8.69. The Balaban J connectivity index is 1.21. The third-order valence-electron chi connectivity index (χ3n) is 22.2. The van der Waals surface area contributed by atoms with E-state index in [0.29, 0.717) is 50.8 Å². The molecule has 0 aromatic heterocycles. The molecule has 2 bridgehead atoms. The fourth-order valence-electron chi connectivity index (χ4n) is 15.4. The van der Waals surface area contributed by atoms with E-state index in [-0.39, 0.29) is 101 Å². The lowest BCUT2D eigenvalue weighted by Gasteiger charge is -2.45. The fourth-order valence-corrected chi connectivity index (χ4v) is 15.7. The van der Waals surface area contributed by atoms with Crippen molar-refractivity contribution in [3.05, 3.63) is 34.3 Å². The monoisotopic (exact) mass is 1460 g/mol. The lowest BCUT2D eigenvalue weighted by atomic mass is 9.84. The fraction of sp³-hybridized carbons (Fsp3) is 0.753. The molecule has 5 saturated heterocycles. The van der Waals surface area contributed by atoms with Gasteiger partial charge in [0.05, 0.1) is 36.2 Å². The summed E-state index contributed by atoms with van der Waals surface area (Å²) in [5.41, 5.74) is -0.733. The number of hydrogen-bond donors (Lipinski definition) is 3. The Morgan fingerprint density at radius 1 is 0.686 bits per heavy atom. The van der Waals surface area contributed by atoms with E-state index in [1.807, 2.05) is 20.8 Å². The molecule has 12 atom stereocenters. The summed E-state index contributed by atoms with van der Waals surface area (Å²) in [6.45, 7) is 13.3. The minimum Gasteiger partial charge on any atom is -0.379 e. The number of fused-ring (bicyclic) bond motifs is 4. The van der Waals surface area contributed by atoms with Gasteiger partial charge in [-0.1, -0.05) is 97.7 Å². The highest BCUT2D eigenvalue weighted by atomic mass is 35.5. The van der Waals surface area contributed by atoms with Crippen molar-refractivity contribution in [3.63, 3.8) is 0 Å². The normalized spacial score (nSPS) is 28.7. The first-order chi connectivity index (χ1) is 48.1. The Bertz CT molecular complexity index is 3190. The Morgan fingerprint density at radius 3 is 2.00 bits per heavy atom. The minimum atomic E-state index is -4.74. The Labute approximate surface area is 604 Å². The Morgan fingerprint density at radius 2 is 1.37 bits per heavy atom. The predicted octanol–water partition coefficient (Wildman–Crippen LogP) is 5.51. The third kappa shape index (κ3) is 20.2. The largest absolute Gasteiger partial charge is 0.417 e. The summed E-state index contributed by atoms with van der Waals surface area (Å²) in [6.07, 6.45) is 2.45. The Kier molecular flexibility index (Phi) is 29.5. The molecule has 7 rings (SSSR count). The van der Waals surface area contributed by atoms with Crippen LogP contribution in [0, 0.1) is 29.6 Å². The van der Waals surface area contributed by atoms with Crippen LogP contribution in [-0.2, 0) is 74.9 Å². The van der Waals surface area contributed by atoms with Crippen molar-refractivity contribution >= 4 is 82.5 Å². The van der Waals surface area contributed by atoms with Gasteiger partial charge < -0.3 is 64.8 Å². The smallest absolute Gasteiger partial charge is 0.379 e. The molecule has 6 aliphatic rings. The van der Waals surface area contributed by atoms with E-state index in [2.05, 4.69) is 16.0 Å². The molecule has 570 valence electrons. The van der Waals surface area contributed by atoms with Crippen molar-refractivity contribution in [2.45, 2.75) is 237 Å². The van der Waals surface area contributed by atoms with Crippen LogP contribution >= 0.6 is 11.6 Å². The molecule has 5 aliphatic heterocycles. The zero-order valence-electron chi connectivity index (χ0n) is 62.1. The van der Waals surface area contributed by atoms with Crippen LogP contribution in [0.2, 0.25) is 5.02 Å². The van der Waals surface area contributed by atoms with Gasteiger partial charge in [0.25, 0.3) is 0 Å². The average Bonchev–Trinajstić information content (AvgIpc) is 1.22. The number of ether oxygens (including phenoxy) is 1. The number of benzene rings is 1. The van der Waals surface area contributed by atoms with Crippen molar-refractivity contribution in [2.24, 2.45) is 29.6 Å². The van der Waals surface area contributed by atoms with E-state index in [9.17, 15) is 56.3 Å². The molecule has 1 aromatic rings. The predicted molar refractivity (Wildman–Crippen MR) is 375 cm³/mol. The number of halogens is 4. The molecular weight excluding hydrogens is 1350 g/mol. The molecule has 5 heterocycles. The molecule has 1 aliphatic carbocycles. The SMILES string of the molecule is CC[C@H](C)[C@@H]1NC(=O)[C@H](CC(C)C)N(C)C(=O)C[C@@H](C(=O)N2CC3CCOCC2C3)N(C)C(=O)[C@H](C(C)C)N(C)C(=O)CCCCNC(=O)[C@@H]2CCCN2C(=O)[C@H](CCc2ccc(C(F)(F)F)c(Cl)c2)NC(=O)CN(C)C(=O)[C@H](CC2CCCCC2)N(C)C(=O)[C@@H]2CCN2C(=O)[C@H](C)N(C)C1=O. The molecule has 29 heteroatoms. The molecule has 12 amide bonds. The number of nitrogens with one attached hydrogen (secondary N) is 3. The summed E-state index contributed by atoms with van der Waals surface area (Å²) in [5.74, 6) is -8.09. The van der Waals surface area contributed by atoms with Gasteiger partial charge in [-0.15, -0.1) is 0 Å². The second-order valence-electron chi connectivity index (χ2n) is 30.3. The first-order valence-electron chi connectivity index (χ1n) is 36.9. The number of carbonyl (C=O) groups is 12. The van der Waals surface area contributed by atoms with Gasteiger partial charge in [0.2, 0.25) is 70.9 Å². The summed E-state index contributed by atoms with van der Waals surface area (Å²) >= 11 is 6.12. The number of aryl methyl sites for hydroxylation is 1. The number of likely N-dealkylation sites (tertiary alicyclic amines) is 1. The van der Waals surface area contributed by atoms with E-state index >= 15 is 14.4 Å². The topological polar surface area (TPSA) is 279 Å². The first-order valence-corrected chi connectivity index (χ1v) is 37.2.